The first-order chi connectivity index (χ1) is 13.2. The number of nitrogens with one attached hydrogen (secondary N) is 1. The molecule has 1 fully saturated rings. The van der Waals surface area contributed by atoms with Gasteiger partial charge < -0.3 is 5.32 Å². The van der Waals surface area contributed by atoms with E-state index in [0.717, 1.165) is 57.3 Å². The fourth-order valence-electron chi connectivity index (χ4n) is 4.45. The van der Waals surface area contributed by atoms with Gasteiger partial charge in [0, 0.05) is 13.1 Å². The summed E-state index contributed by atoms with van der Waals surface area (Å²) in [5, 5.41) is 3.32. The minimum Gasteiger partial charge on any atom is -0.349 e. The van der Waals surface area contributed by atoms with Gasteiger partial charge in [-0.1, -0.05) is 36.4 Å². The van der Waals surface area contributed by atoms with E-state index in [1.54, 1.807) is 0 Å². The van der Waals surface area contributed by atoms with Gasteiger partial charge in [-0.25, -0.2) is 4.39 Å². The maximum absolute atomic E-state index is 13.1. The Labute approximate surface area is 160 Å². The van der Waals surface area contributed by atoms with Gasteiger partial charge in [0.05, 0.1) is 12.0 Å². The first-order valence-corrected chi connectivity index (χ1v) is 10.0. The molecule has 1 amide bonds. The van der Waals surface area contributed by atoms with Crippen molar-refractivity contribution in [1.29, 1.82) is 0 Å². The number of likely N-dealkylation sites (tertiary alicyclic amines) is 1. The summed E-state index contributed by atoms with van der Waals surface area (Å²) in [6.07, 6.45) is 5.23. The number of carbonyl (C=O) groups excluding carboxylic acids is 1. The molecule has 2 unspecified atom stereocenters. The average Bonchev–Trinajstić information content (AvgIpc) is 2.70. The highest BCUT2D eigenvalue weighted by Crippen LogP contribution is 2.30. The third-order valence-corrected chi connectivity index (χ3v) is 5.88. The van der Waals surface area contributed by atoms with E-state index in [1.807, 2.05) is 12.1 Å². The van der Waals surface area contributed by atoms with E-state index in [0.29, 0.717) is 0 Å². The van der Waals surface area contributed by atoms with Gasteiger partial charge >= 0.3 is 0 Å². The normalized spacial score (nSPS) is 22.9. The topological polar surface area (TPSA) is 32.3 Å². The van der Waals surface area contributed by atoms with Crippen LogP contribution in [-0.2, 0) is 17.8 Å². The van der Waals surface area contributed by atoms with Crippen molar-refractivity contribution in [3.8, 4) is 0 Å². The molecule has 2 aromatic carbocycles. The van der Waals surface area contributed by atoms with Crippen LogP contribution >= 0.6 is 0 Å². The predicted molar refractivity (Wildman–Crippen MR) is 105 cm³/mol. The van der Waals surface area contributed by atoms with E-state index in [-0.39, 0.29) is 23.7 Å². The van der Waals surface area contributed by atoms with Gasteiger partial charge in [-0.2, -0.15) is 0 Å². The second-order valence-corrected chi connectivity index (χ2v) is 7.85. The number of piperidine rings is 1. The Balaban J connectivity index is 1.37. The second-order valence-electron chi connectivity index (χ2n) is 7.85. The Kier molecular flexibility index (Phi) is 5.53. The van der Waals surface area contributed by atoms with Crippen molar-refractivity contribution in [2.24, 2.45) is 5.92 Å². The molecule has 4 heteroatoms. The zero-order valence-electron chi connectivity index (χ0n) is 15.7. The van der Waals surface area contributed by atoms with Crippen molar-refractivity contribution < 1.29 is 9.18 Å². The van der Waals surface area contributed by atoms with Gasteiger partial charge in [-0.3, -0.25) is 9.69 Å². The molecule has 142 valence electrons. The summed E-state index contributed by atoms with van der Waals surface area (Å²) in [4.78, 5) is 15.2. The van der Waals surface area contributed by atoms with Gasteiger partial charge in [0.25, 0.3) is 0 Å². The number of rotatable bonds is 4. The van der Waals surface area contributed by atoms with Crippen molar-refractivity contribution in [1.82, 2.24) is 10.2 Å². The number of fused-ring (bicyclic) bond motifs is 1. The number of hydrogen-bond donors (Lipinski definition) is 1. The minimum absolute atomic E-state index is 0.0355. The van der Waals surface area contributed by atoms with E-state index in [9.17, 15) is 9.18 Å². The molecule has 1 aliphatic carbocycles. The van der Waals surface area contributed by atoms with Gasteiger partial charge in [-0.05, 0) is 67.5 Å². The molecular formula is C23H27FN2O. The van der Waals surface area contributed by atoms with Crippen molar-refractivity contribution in [2.45, 2.75) is 44.7 Å². The number of halogens is 1. The van der Waals surface area contributed by atoms with Gasteiger partial charge in [-0.15, -0.1) is 0 Å². The Morgan fingerprint density at radius 3 is 2.74 bits per heavy atom. The lowest BCUT2D eigenvalue weighted by molar-refractivity contribution is -0.127. The maximum Gasteiger partial charge on any atom is 0.224 e. The molecule has 2 aliphatic rings. The van der Waals surface area contributed by atoms with Crippen molar-refractivity contribution in [2.75, 3.05) is 13.1 Å². The minimum atomic E-state index is -0.206. The van der Waals surface area contributed by atoms with Crippen molar-refractivity contribution in [3.63, 3.8) is 0 Å². The molecule has 27 heavy (non-hydrogen) atoms. The summed E-state index contributed by atoms with van der Waals surface area (Å²) in [6, 6.07) is 15.3. The lowest BCUT2D eigenvalue weighted by Gasteiger charge is -2.34. The van der Waals surface area contributed by atoms with Crippen LogP contribution < -0.4 is 5.32 Å². The van der Waals surface area contributed by atoms with Crippen molar-refractivity contribution in [3.05, 3.63) is 71.0 Å². The van der Waals surface area contributed by atoms with E-state index in [4.69, 9.17) is 0 Å². The largest absolute Gasteiger partial charge is 0.349 e. The molecule has 2 atom stereocenters. The highest BCUT2D eigenvalue weighted by atomic mass is 19.1. The second kappa shape index (κ2) is 8.22. The van der Waals surface area contributed by atoms with Crippen molar-refractivity contribution >= 4 is 5.91 Å². The summed E-state index contributed by atoms with van der Waals surface area (Å²) in [6.45, 7) is 2.54. The fourth-order valence-corrected chi connectivity index (χ4v) is 4.45. The van der Waals surface area contributed by atoms with E-state index >= 15 is 0 Å². The number of benzene rings is 2. The number of hydrogen-bond acceptors (Lipinski definition) is 2. The molecule has 0 bridgehead atoms. The third kappa shape index (κ3) is 4.38. The number of carbonyl (C=O) groups is 1. The van der Waals surface area contributed by atoms with Gasteiger partial charge in [0.15, 0.2) is 0 Å². The SMILES string of the molecule is O=C(NC1CCCc2ccccc21)C1CCCN(Cc2ccc(F)cc2)C1. The van der Waals surface area contributed by atoms with Crippen LogP contribution in [0.15, 0.2) is 48.5 Å². The monoisotopic (exact) mass is 366 g/mol. The molecule has 1 aliphatic heterocycles. The average molecular weight is 366 g/mol. The van der Waals surface area contributed by atoms with E-state index in [2.05, 4.69) is 34.5 Å². The van der Waals surface area contributed by atoms with Gasteiger partial charge in [0.1, 0.15) is 5.82 Å². The molecule has 2 aromatic rings. The zero-order chi connectivity index (χ0) is 18.6. The van der Waals surface area contributed by atoms with Crippen LogP contribution in [0, 0.1) is 11.7 Å². The number of nitrogens with zero attached hydrogens (tertiary/aromatic N) is 1. The fraction of sp³-hybridized carbons (Fsp3) is 0.435. The smallest absolute Gasteiger partial charge is 0.224 e. The standard InChI is InChI=1S/C23H27FN2O/c24-20-12-10-17(11-13-20)15-26-14-4-7-19(16-26)23(27)25-22-9-3-6-18-5-1-2-8-21(18)22/h1-2,5,8,10-13,19,22H,3-4,6-7,9,14-16H2,(H,25,27). The number of amides is 1. The summed E-state index contributed by atoms with van der Waals surface area (Å²) in [5.74, 6) is 0.0104. The van der Waals surface area contributed by atoms with Crippen LogP contribution in [0.4, 0.5) is 4.39 Å². The number of aryl methyl sites for hydroxylation is 1. The molecule has 1 N–H and O–H groups in total. The Morgan fingerprint density at radius 1 is 1.07 bits per heavy atom. The van der Waals surface area contributed by atoms with Crippen LogP contribution in [-0.4, -0.2) is 23.9 Å². The lowest BCUT2D eigenvalue weighted by atomic mass is 9.87. The van der Waals surface area contributed by atoms with Crippen LogP contribution in [0.2, 0.25) is 0 Å². The maximum atomic E-state index is 13.1. The van der Waals surface area contributed by atoms with Crippen LogP contribution in [0.3, 0.4) is 0 Å². The summed E-state index contributed by atoms with van der Waals surface area (Å²) >= 11 is 0. The zero-order valence-corrected chi connectivity index (χ0v) is 15.7. The van der Waals surface area contributed by atoms with Crippen LogP contribution in [0.1, 0.15) is 48.4 Å². The lowest BCUT2D eigenvalue weighted by Crippen LogP contribution is -2.44. The molecule has 1 saturated heterocycles. The molecule has 0 radical (unpaired) electrons. The Morgan fingerprint density at radius 2 is 1.89 bits per heavy atom. The quantitative estimate of drug-likeness (QED) is 0.878. The molecule has 1 heterocycles. The Hall–Kier alpha value is -2.20. The van der Waals surface area contributed by atoms with Gasteiger partial charge in [0.2, 0.25) is 5.91 Å². The molecule has 0 aromatic heterocycles. The predicted octanol–water partition coefficient (Wildman–Crippen LogP) is 4.23. The molecule has 0 spiro atoms. The van der Waals surface area contributed by atoms with Crippen LogP contribution in [0.5, 0.6) is 0 Å². The highest BCUT2D eigenvalue weighted by Gasteiger charge is 2.29. The molecule has 0 saturated carbocycles. The molecular weight excluding hydrogens is 339 g/mol. The summed E-state index contributed by atoms with van der Waals surface area (Å²) < 4.78 is 13.1. The summed E-state index contributed by atoms with van der Waals surface area (Å²) in [7, 11) is 0. The van der Waals surface area contributed by atoms with E-state index in [1.165, 1.54) is 23.3 Å². The molecule has 4 rings (SSSR count). The van der Waals surface area contributed by atoms with E-state index < -0.39 is 0 Å². The first-order valence-electron chi connectivity index (χ1n) is 10.0. The summed E-state index contributed by atoms with van der Waals surface area (Å²) in [5.41, 5.74) is 3.75. The van der Waals surface area contributed by atoms with Crippen LogP contribution in [0.25, 0.3) is 0 Å². The Bertz CT molecular complexity index is 789. The highest BCUT2D eigenvalue weighted by molar-refractivity contribution is 5.79. The first kappa shape index (κ1) is 18.2. The third-order valence-electron chi connectivity index (χ3n) is 5.88. The molecule has 3 nitrogen and oxygen atoms in total.